The van der Waals surface area contributed by atoms with Crippen molar-refractivity contribution in [3.05, 3.63) is 65.0 Å². The molecule has 2 aromatic rings. The number of amides is 4. The summed E-state index contributed by atoms with van der Waals surface area (Å²) < 4.78 is 18.6. The Bertz CT molecular complexity index is 1150. The molecule has 8 nitrogen and oxygen atoms in total. The zero-order valence-electron chi connectivity index (χ0n) is 21.8. The molecule has 2 heterocycles. The fourth-order valence-electron chi connectivity index (χ4n) is 4.61. The highest BCUT2D eigenvalue weighted by molar-refractivity contribution is 5.97. The normalized spacial score (nSPS) is 16.7. The lowest BCUT2D eigenvalue weighted by Gasteiger charge is -2.39. The number of piperidine rings is 1. The summed E-state index contributed by atoms with van der Waals surface area (Å²) in [5.41, 5.74) is 2.45. The number of hydrogen-bond acceptors (Lipinski definition) is 4. The van der Waals surface area contributed by atoms with E-state index in [1.54, 1.807) is 17.0 Å². The predicted octanol–water partition coefficient (Wildman–Crippen LogP) is 4.89. The smallest absolute Gasteiger partial charge is 0.410 e. The van der Waals surface area contributed by atoms with E-state index in [9.17, 15) is 18.8 Å². The lowest BCUT2D eigenvalue weighted by atomic mass is 9.89. The van der Waals surface area contributed by atoms with Gasteiger partial charge in [0.15, 0.2) is 0 Å². The first-order valence-electron chi connectivity index (χ1n) is 12.7. The van der Waals surface area contributed by atoms with Gasteiger partial charge in [-0.25, -0.2) is 14.0 Å². The van der Waals surface area contributed by atoms with Crippen molar-refractivity contribution in [2.45, 2.75) is 58.1 Å². The number of ether oxygens (including phenoxy) is 1. The molecule has 4 amide bonds. The summed E-state index contributed by atoms with van der Waals surface area (Å²) in [5, 5.41) is 5.69. The summed E-state index contributed by atoms with van der Waals surface area (Å²) >= 11 is 0. The number of anilines is 1. The van der Waals surface area contributed by atoms with E-state index < -0.39 is 11.7 Å². The third-order valence-electron chi connectivity index (χ3n) is 6.72. The maximum atomic E-state index is 13.2. The zero-order chi connectivity index (χ0) is 26.7. The van der Waals surface area contributed by atoms with E-state index in [1.807, 2.05) is 50.8 Å². The van der Waals surface area contributed by atoms with Gasteiger partial charge in [-0.3, -0.25) is 4.79 Å². The van der Waals surface area contributed by atoms with E-state index in [0.29, 0.717) is 43.3 Å². The summed E-state index contributed by atoms with van der Waals surface area (Å²) in [6.07, 6.45) is 1.24. The Morgan fingerprint density at radius 1 is 0.973 bits per heavy atom. The van der Waals surface area contributed by atoms with Crippen molar-refractivity contribution in [1.29, 1.82) is 0 Å². The van der Waals surface area contributed by atoms with Crippen LogP contribution in [0.3, 0.4) is 0 Å². The van der Waals surface area contributed by atoms with Crippen LogP contribution in [0.2, 0.25) is 0 Å². The summed E-state index contributed by atoms with van der Waals surface area (Å²) in [4.78, 5) is 41.2. The van der Waals surface area contributed by atoms with Gasteiger partial charge < -0.3 is 25.2 Å². The largest absolute Gasteiger partial charge is 0.444 e. The summed E-state index contributed by atoms with van der Waals surface area (Å²) in [5.74, 6) is -0.0151. The number of benzene rings is 2. The number of aryl methyl sites for hydroxylation is 1. The Labute approximate surface area is 217 Å². The molecule has 0 radical (unpaired) electrons. The molecule has 0 saturated carbocycles. The number of nitrogens with one attached hydrogen (secondary N) is 2. The van der Waals surface area contributed by atoms with Crippen molar-refractivity contribution < 1.29 is 23.5 Å². The highest BCUT2D eigenvalue weighted by Gasteiger charge is 2.34. The number of carbonyl (C=O) groups is 3. The van der Waals surface area contributed by atoms with Crippen LogP contribution in [0.4, 0.5) is 19.7 Å². The summed E-state index contributed by atoms with van der Waals surface area (Å²) in [6, 6.07) is 11.3. The first kappa shape index (κ1) is 26.4. The third kappa shape index (κ3) is 6.78. The van der Waals surface area contributed by atoms with Crippen LogP contribution in [0.1, 0.15) is 61.0 Å². The van der Waals surface area contributed by atoms with Gasteiger partial charge in [-0.1, -0.05) is 18.2 Å². The molecule has 2 aliphatic rings. The topological polar surface area (TPSA) is 91.0 Å². The first-order chi connectivity index (χ1) is 17.5. The number of carbonyl (C=O) groups excluding carboxylic acids is 3. The van der Waals surface area contributed by atoms with E-state index in [2.05, 4.69) is 10.6 Å². The number of rotatable bonds is 4. The van der Waals surface area contributed by atoms with Gasteiger partial charge in [0, 0.05) is 37.4 Å². The number of halogens is 1. The van der Waals surface area contributed by atoms with Gasteiger partial charge in [0.2, 0.25) is 0 Å². The first-order valence-corrected chi connectivity index (χ1v) is 12.7. The fraction of sp³-hybridized carbons (Fsp3) is 0.464. The van der Waals surface area contributed by atoms with Crippen LogP contribution in [-0.2, 0) is 4.74 Å². The van der Waals surface area contributed by atoms with E-state index in [-0.39, 0.29) is 23.8 Å². The van der Waals surface area contributed by atoms with Gasteiger partial charge in [0.05, 0.1) is 6.04 Å². The van der Waals surface area contributed by atoms with Crippen molar-refractivity contribution in [1.82, 2.24) is 15.1 Å². The number of urea groups is 1. The van der Waals surface area contributed by atoms with Crippen molar-refractivity contribution in [3.63, 3.8) is 0 Å². The van der Waals surface area contributed by atoms with Gasteiger partial charge >= 0.3 is 12.1 Å². The lowest BCUT2D eigenvalue weighted by Crippen LogP contribution is -2.62. The van der Waals surface area contributed by atoms with E-state index in [1.165, 1.54) is 12.1 Å². The highest BCUT2D eigenvalue weighted by atomic mass is 19.1. The SMILES string of the molecule is Cc1ccc(C(=O)N2CCC(c3ccc(F)cc3)CC2)cc1NC(=O)NC1CN(C(=O)OC(C)(C)C)C1. The molecule has 2 saturated heterocycles. The van der Waals surface area contributed by atoms with Crippen molar-refractivity contribution in [2.75, 3.05) is 31.5 Å². The number of hydrogen-bond donors (Lipinski definition) is 2. The Kier molecular flexibility index (Phi) is 7.71. The highest BCUT2D eigenvalue weighted by Crippen LogP contribution is 2.29. The van der Waals surface area contributed by atoms with Crippen LogP contribution in [0.5, 0.6) is 0 Å². The Morgan fingerprint density at radius 3 is 2.24 bits per heavy atom. The van der Waals surface area contributed by atoms with E-state index in [0.717, 1.165) is 24.0 Å². The average molecular weight is 511 g/mol. The van der Waals surface area contributed by atoms with Crippen LogP contribution in [0, 0.1) is 12.7 Å². The molecule has 2 aliphatic heterocycles. The minimum atomic E-state index is -0.564. The van der Waals surface area contributed by atoms with Crippen molar-refractivity contribution in [2.24, 2.45) is 0 Å². The number of nitrogens with zero attached hydrogens (tertiary/aromatic N) is 2. The molecule has 2 fully saturated rings. The predicted molar refractivity (Wildman–Crippen MR) is 139 cm³/mol. The quantitative estimate of drug-likeness (QED) is 0.613. The molecule has 37 heavy (non-hydrogen) atoms. The Hall–Kier alpha value is -3.62. The van der Waals surface area contributed by atoms with E-state index in [4.69, 9.17) is 4.74 Å². The number of likely N-dealkylation sites (tertiary alicyclic amines) is 2. The molecule has 0 atom stereocenters. The van der Waals surface area contributed by atoms with Gasteiger partial charge in [-0.15, -0.1) is 0 Å². The fourth-order valence-corrected chi connectivity index (χ4v) is 4.61. The second kappa shape index (κ2) is 10.8. The molecular weight excluding hydrogens is 475 g/mol. The second-order valence-electron chi connectivity index (χ2n) is 10.8. The van der Waals surface area contributed by atoms with Crippen LogP contribution in [0.25, 0.3) is 0 Å². The lowest BCUT2D eigenvalue weighted by molar-refractivity contribution is 0.00648. The molecule has 0 bridgehead atoms. The Morgan fingerprint density at radius 2 is 1.62 bits per heavy atom. The molecular formula is C28H35FN4O4. The Balaban J connectivity index is 1.28. The summed E-state index contributed by atoms with van der Waals surface area (Å²) in [6.45, 7) is 9.30. The van der Waals surface area contributed by atoms with Crippen molar-refractivity contribution >= 4 is 23.7 Å². The van der Waals surface area contributed by atoms with Crippen LogP contribution in [-0.4, -0.2) is 65.7 Å². The monoisotopic (exact) mass is 510 g/mol. The van der Waals surface area contributed by atoms with Gasteiger partial charge in [0.1, 0.15) is 11.4 Å². The van der Waals surface area contributed by atoms with Gasteiger partial charge in [-0.05, 0) is 81.8 Å². The molecule has 2 N–H and O–H groups in total. The van der Waals surface area contributed by atoms with Crippen LogP contribution < -0.4 is 10.6 Å². The van der Waals surface area contributed by atoms with Crippen molar-refractivity contribution in [3.8, 4) is 0 Å². The molecule has 0 aromatic heterocycles. The molecule has 4 rings (SSSR count). The molecule has 2 aromatic carbocycles. The second-order valence-corrected chi connectivity index (χ2v) is 10.8. The summed E-state index contributed by atoms with van der Waals surface area (Å²) in [7, 11) is 0. The maximum Gasteiger partial charge on any atom is 0.410 e. The molecule has 0 unspecified atom stereocenters. The molecule has 198 valence electrons. The standard InChI is InChI=1S/C28H35FN4O4/c1-18-5-6-21(25(34)32-13-11-20(12-14-32)19-7-9-22(29)10-8-19)15-24(18)31-26(35)30-23-16-33(17-23)27(36)37-28(2,3)4/h5-10,15,20,23H,11-14,16-17H2,1-4H3,(H2,30,31,35). The third-order valence-corrected chi connectivity index (χ3v) is 6.72. The van der Waals surface area contributed by atoms with Crippen LogP contribution in [0.15, 0.2) is 42.5 Å². The minimum absolute atomic E-state index is 0.0759. The zero-order valence-corrected chi connectivity index (χ0v) is 21.8. The molecule has 0 spiro atoms. The average Bonchev–Trinajstić information content (AvgIpc) is 2.81. The minimum Gasteiger partial charge on any atom is -0.444 e. The van der Waals surface area contributed by atoms with Gasteiger partial charge in [-0.2, -0.15) is 0 Å². The van der Waals surface area contributed by atoms with E-state index >= 15 is 0 Å². The molecule has 9 heteroatoms. The van der Waals surface area contributed by atoms with Gasteiger partial charge in [0.25, 0.3) is 5.91 Å². The van der Waals surface area contributed by atoms with Crippen LogP contribution >= 0.6 is 0 Å². The molecule has 0 aliphatic carbocycles. The maximum absolute atomic E-state index is 13.2.